The minimum Gasteiger partial charge on any atom is -0.494 e. The number of benzene rings is 2. The molecule has 1 aliphatic heterocycles. The highest BCUT2D eigenvalue weighted by Gasteiger charge is 2.31. The molecule has 142 valence electrons. The van der Waals surface area contributed by atoms with Crippen LogP contribution in [0.3, 0.4) is 0 Å². The number of anilines is 2. The Morgan fingerprint density at radius 3 is 2.52 bits per heavy atom. The molecule has 3 rings (SSSR count). The first-order chi connectivity index (χ1) is 13.0. The Balaban J connectivity index is 1.58. The van der Waals surface area contributed by atoms with E-state index in [4.69, 9.17) is 4.74 Å². The number of urea groups is 1. The minimum atomic E-state index is -1.02. The van der Waals surface area contributed by atoms with Crippen LogP contribution >= 0.6 is 0 Å². The Morgan fingerprint density at radius 1 is 1.11 bits per heavy atom. The van der Waals surface area contributed by atoms with Crippen LogP contribution in [0.15, 0.2) is 42.5 Å². The molecule has 0 aromatic heterocycles. The molecule has 1 N–H and O–H groups in total. The summed E-state index contributed by atoms with van der Waals surface area (Å²) in [5.41, 5.74) is 0.848. The monoisotopic (exact) mass is 375 g/mol. The molecule has 0 spiro atoms. The Labute approximate surface area is 155 Å². The topological polar surface area (TPSA) is 61.9 Å². The zero-order chi connectivity index (χ0) is 19.4. The van der Waals surface area contributed by atoms with Gasteiger partial charge >= 0.3 is 6.03 Å². The summed E-state index contributed by atoms with van der Waals surface area (Å²) in [5.74, 6) is -1.64. The third-order valence-corrected chi connectivity index (χ3v) is 4.09. The molecule has 8 heteroatoms. The molecule has 2 aromatic rings. The van der Waals surface area contributed by atoms with Gasteiger partial charge in [-0.05, 0) is 43.3 Å². The SMILES string of the molecule is CCOc1ccc(NC(=O)CN2CCN(c3ccc(F)c(F)c3)C2=O)cc1. The lowest BCUT2D eigenvalue weighted by Crippen LogP contribution is -2.37. The zero-order valence-corrected chi connectivity index (χ0v) is 14.7. The van der Waals surface area contributed by atoms with E-state index in [0.29, 0.717) is 31.1 Å². The maximum atomic E-state index is 13.4. The van der Waals surface area contributed by atoms with Gasteiger partial charge in [-0.25, -0.2) is 13.6 Å². The Hall–Kier alpha value is -3.16. The van der Waals surface area contributed by atoms with Crippen molar-refractivity contribution in [3.63, 3.8) is 0 Å². The van der Waals surface area contributed by atoms with E-state index in [-0.39, 0.29) is 18.1 Å². The van der Waals surface area contributed by atoms with Gasteiger partial charge < -0.3 is 15.0 Å². The van der Waals surface area contributed by atoms with E-state index in [2.05, 4.69) is 5.32 Å². The normalized spacial score (nSPS) is 13.8. The van der Waals surface area contributed by atoms with Crippen LogP contribution in [-0.4, -0.2) is 43.1 Å². The van der Waals surface area contributed by atoms with Crippen molar-refractivity contribution in [2.45, 2.75) is 6.92 Å². The molecular weight excluding hydrogens is 356 g/mol. The van der Waals surface area contributed by atoms with E-state index in [1.54, 1.807) is 24.3 Å². The lowest BCUT2D eigenvalue weighted by molar-refractivity contribution is -0.116. The van der Waals surface area contributed by atoms with Gasteiger partial charge in [0.05, 0.1) is 6.61 Å². The number of carbonyl (C=O) groups is 2. The van der Waals surface area contributed by atoms with Gasteiger partial charge in [0.15, 0.2) is 11.6 Å². The van der Waals surface area contributed by atoms with Crippen LogP contribution in [0, 0.1) is 11.6 Å². The summed E-state index contributed by atoms with van der Waals surface area (Å²) in [6.07, 6.45) is 0. The van der Waals surface area contributed by atoms with Crippen molar-refractivity contribution in [2.75, 3.05) is 36.5 Å². The molecular formula is C19H19F2N3O3. The van der Waals surface area contributed by atoms with Crippen molar-refractivity contribution in [3.8, 4) is 5.75 Å². The second kappa shape index (κ2) is 8.03. The Kier molecular flexibility index (Phi) is 5.54. The molecule has 3 amide bonds. The average Bonchev–Trinajstić information content (AvgIpc) is 3.00. The third kappa shape index (κ3) is 4.33. The van der Waals surface area contributed by atoms with Crippen LogP contribution in [-0.2, 0) is 4.79 Å². The summed E-state index contributed by atoms with van der Waals surface area (Å²) >= 11 is 0. The van der Waals surface area contributed by atoms with Crippen molar-refractivity contribution in [2.24, 2.45) is 0 Å². The highest BCUT2D eigenvalue weighted by atomic mass is 19.2. The quantitative estimate of drug-likeness (QED) is 0.843. The molecule has 1 aliphatic rings. The van der Waals surface area contributed by atoms with Crippen molar-refractivity contribution < 1.29 is 23.1 Å². The number of ether oxygens (including phenoxy) is 1. The molecule has 0 atom stereocenters. The number of halogens is 2. The van der Waals surface area contributed by atoms with Gasteiger partial charge in [-0.15, -0.1) is 0 Å². The summed E-state index contributed by atoms with van der Waals surface area (Å²) in [4.78, 5) is 27.3. The number of hydrogen-bond acceptors (Lipinski definition) is 3. The van der Waals surface area contributed by atoms with Gasteiger partial charge in [0.25, 0.3) is 0 Å². The lowest BCUT2D eigenvalue weighted by atomic mass is 10.3. The predicted octanol–water partition coefficient (Wildman–Crippen LogP) is 3.24. The van der Waals surface area contributed by atoms with Gasteiger partial charge in [-0.3, -0.25) is 9.69 Å². The van der Waals surface area contributed by atoms with E-state index >= 15 is 0 Å². The van der Waals surface area contributed by atoms with Crippen molar-refractivity contribution >= 4 is 23.3 Å². The highest BCUT2D eigenvalue weighted by Crippen LogP contribution is 2.22. The smallest absolute Gasteiger partial charge is 0.325 e. The second-order valence-electron chi connectivity index (χ2n) is 5.96. The first-order valence-electron chi connectivity index (χ1n) is 8.52. The lowest BCUT2D eigenvalue weighted by Gasteiger charge is -2.18. The van der Waals surface area contributed by atoms with Gasteiger partial charge in [0.2, 0.25) is 5.91 Å². The number of rotatable bonds is 6. The molecule has 0 radical (unpaired) electrons. The molecule has 0 saturated carbocycles. The van der Waals surface area contributed by atoms with E-state index in [1.165, 1.54) is 15.9 Å². The summed E-state index contributed by atoms with van der Waals surface area (Å²) < 4.78 is 31.8. The van der Waals surface area contributed by atoms with Gasteiger partial charge in [-0.2, -0.15) is 0 Å². The molecule has 1 heterocycles. The van der Waals surface area contributed by atoms with Gasteiger partial charge in [0, 0.05) is 30.5 Å². The molecule has 6 nitrogen and oxygen atoms in total. The largest absolute Gasteiger partial charge is 0.494 e. The number of nitrogens with zero attached hydrogens (tertiary/aromatic N) is 2. The van der Waals surface area contributed by atoms with Crippen molar-refractivity contribution in [1.82, 2.24) is 4.90 Å². The highest BCUT2D eigenvalue weighted by molar-refractivity contribution is 5.99. The number of hydrogen-bond donors (Lipinski definition) is 1. The first-order valence-corrected chi connectivity index (χ1v) is 8.52. The molecule has 1 fully saturated rings. The number of carbonyl (C=O) groups excluding carboxylic acids is 2. The molecule has 0 bridgehead atoms. The van der Waals surface area contributed by atoms with Gasteiger partial charge in [0.1, 0.15) is 12.3 Å². The van der Waals surface area contributed by atoms with Crippen LogP contribution in [0.5, 0.6) is 5.75 Å². The van der Waals surface area contributed by atoms with Crippen LogP contribution in [0.1, 0.15) is 6.92 Å². The first kappa shape index (κ1) is 18.6. The van der Waals surface area contributed by atoms with Gasteiger partial charge in [-0.1, -0.05) is 0 Å². The second-order valence-corrected chi connectivity index (χ2v) is 5.96. The third-order valence-electron chi connectivity index (χ3n) is 4.09. The molecule has 27 heavy (non-hydrogen) atoms. The number of amides is 3. The van der Waals surface area contributed by atoms with Crippen molar-refractivity contribution in [3.05, 3.63) is 54.1 Å². The van der Waals surface area contributed by atoms with Crippen LogP contribution in [0.2, 0.25) is 0 Å². The maximum absolute atomic E-state index is 13.4. The van der Waals surface area contributed by atoms with Crippen molar-refractivity contribution in [1.29, 1.82) is 0 Å². The van der Waals surface area contributed by atoms with Crippen LogP contribution < -0.4 is 15.0 Å². The molecule has 0 aliphatic carbocycles. The molecule has 0 unspecified atom stereocenters. The number of nitrogens with one attached hydrogen (secondary N) is 1. The Morgan fingerprint density at radius 2 is 1.85 bits per heavy atom. The fourth-order valence-electron chi connectivity index (χ4n) is 2.80. The maximum Gasteiger partial charge on any atom is 0.325 e. The van der Waals surface area contributed by atoms with E-state index in [0.717, 1.165) is 12.1 Å². The summed E-state index contributed by atoms with van der Waals surface area (Å²) in [5, 5.41) is 2.71. The van der Waals surface area contributed by atoms with Crippen LogP contribution in [0.25, 0.3) is 0 Å². The summed E-state index contributed by atoms with van der Waals surface area (Å²) in [6.45, 7) is 2.91. The Bertz CT molecular complexity index is 843. The summed E-state index contributed by atoms with van der Waals surface area (Å²) in [7, 11) is 0. The average molecular weight is 375 g/mol. The van der Waals surface area contributed by atoms with E-state index in [1.807, 2.05) is 6.92 Å². The zero-order valence-electron chi connectivity index (χ0n) is 14.7. The standard InChI is InChI=1S/C19H19F2N3O3/c1-2-27-15-6-3-13(4-7-15)22-18(25)12-23-9-10-24(19(23)26)14-5-8-16(20)17(21)11-14/h3-8,11H,2,9-10,12H2,1H3,(H,22,25). The van der Waals surface area contributed by atoms with E-state index in [9.17, 15) is 18.4 Å². The molecule has 2 aromatic carbocycles. The summed E-state index contributed by atoms with van der Waals surface area (Å²) in [6, 6.07) is 9.75. The fraction of sp³-hybridized carbons (Fsp3) is 0.263. The molecule has 1 saturated heterocycles. The predicted molar refractivity (Wildman–Crippen MR) is 96.9 cm³/mol. The fourth-order valence-corrected chi connectivity index (χ4v) is 2.80. The van der Waals surface area contributed by atoms with Crippen LogP contribution in [0.4, 0.5) is 25.0 Å². The minimum absolute atomic E-state index is 0.133. The van der Waals surface area contributed by atoms with E-state index < -0.39 is 17.7 Å².